The largest absolute Gasteiger partial charge is 0.496 e. The lowest BCUT2D eigenvalue weighted by Gasteiger charge is -2.32. The third-order valence-electron chi connectivity index (χ3n) is 3.62. The molecule has 0 aliphatic carbocycles. The van der Waals surface area contributed by atoms with Crippen molar-refractivity contribution in [3.63, 3.8) is 0 Å². The van der Waals surface area contributed by atoms with Gasteiger partial charge in [-0.2, -0.15) is 0 Å². The Bertz CT molecular complexity index is 361. The summed E-state index contributed by atoms with van der Waals surface area (Å²) in [5, 5.41) is 2.37. The maximum atomic E-state index is 5.46. The van der Waals surface area contributed by atoms with Gasteiger partial charge in [0.25, 0.3) is 0 Å². The lowest BCUT2D eigenvalue weighted by atomic mass is 10.0. The molecule has 0 radical (unpaired) electrons. The van der Waals surface area contributed by atoms with Crippen molar-refractivity contribution >= 4 is 0 Å². The van der Waals surface area contributed by atoms with Crippen LogP contribution in [0.3, 0.4) is 0 Å². The van der Waals surface area contributed by atoms with E-state index in [0.29, 0.717) is 6.04 Å². The topological polar surface area (TPSA) is 24.5 Å². The molecule has 0 aromatic heterocycles. The van der Waals surface area contributed by atoms with Crippen molar-refractivity contribution in [2.45, 2.75) is 38.6 Å². The fraction of sp³-hybridized carbons (Fsp3) is 0.600. The summed E-state index contributed by atoms with van der Waals surface area (Å²) in [6.45, 7) is 4.53. The number of nitrogens with zero attached hydrogens (tertiary/aromatic N) is 1. The Hall–Kier alpha value is -1.06. The van der Waals surface area contributed by atoms with Crippen LogP contribution >= 0.6 is 0 Å². The molecule has 0 bridgehead atoms. The van der Waals surface area contributed by atoms with Gasteiger partial charge in [-0.25, -0.2) is 10.4 Å². The highest BCUT2D eigenvalue weighted by Crippen LogP contribution is 2.27. The number of para-hydroxylation sites is 1. The van der Waals surface area contributed by atoms with Crippen LogP contribution in [0.4, 0.5) is 0 Å². The number of benzene rings is 1. The number of hydrazine groups is 1. The fourth-order valence-corrected chi connectivity index (χ4v) is 2.58. The SMILES string of the molecule is CCC(NN1CCCCC1)c1ccccc1OC. The first-order valence-electron chi connectivity index (χ1n) is 6.99. The minimum Gasteiger partial charge on any atom is -0.496 e. The molecular weight excluding hydrogens is 224 g/mol. The number of rotatable bonds is 5. The second-order valence-electron chi connectivity index (χ2n) is 4.88. The van der Waals surface area contributed by atoms with Gasteiger partial charge in [0.15, 0.2) is 0 Å². The molecule has 18 heavy (non-hydrogen) atoms. The average molecular weight is 248 g/mol. The van der Waals surface area contributed by atoms with E-state index in [1.165, 1.54) is 24.8 Å². The third kappa shape index (κ3) is 3.24. The normalized spacial score (nSPS) is 18.6. The van der Waals surface area contributed by atoms with Crippen molar-refractivity contribution < 1.29 is 4.74 Å². The summed E-state index contributed by atoms with van der Waals surface area (Å²) in [5.41, 5.74) is 4.91. The van der Waals surface area contributed by atoms with E-state index in [1.54, 1.807) is 7.11 Å². The first-order valence-corrected chi connectivity index (χ1v) is 6.99. The molecule has 1 heterocycles. The third-order valence-corrected chi connectivity index (χ3v) is 3.62. The predicted molar refractivity (Wildman–Crippen MR) is 74.6 cm³/mol. The Kier molecular flexibility index (Phi) is 5.02. The minimum absolute atomic E-state index is 0.347. The van der Waals surface area contributed by atoms with Gasteiger partial charge in [-0.1, -0.05) is 31.5 Å². The van der Waals surface area contributed by atoms with E-state index in [4.69, 9.17) is 4.74 Å². The number of nitrogens with one attached hydrogen (secondary N) is 1. The highest BCUT2D eigenvalue weighted by Gasteiger charge is 2.18. The van der Waals surface area contributed by atoms with E-state index in [-0.39, 0.29) is 0 Å². The van der Waals surface area contributed by atoms with Gasteiger partial charge in [0.05, 0.1) is 7.11 Å². The molecule has 1 aromatic rings. The average Bonchev–Trinajstić information content (AvgIpc) is 2.46. The predicted octanol–water partition coefficient (Wildman–Crippen LogP) is 3.14. The second-order valence-corrected chi connectivity index (χ2v) is 4.88. The van der Waals surface area contributed by atoms with Crippen molar-refractivity contribution in [1.29, 1.82) is 0 Å². The Labute approximate surface area is 110 Å². The molecule has 3 heteroatoms. The van der Waals surface area contributed by atoms with Gasteiger partial charge in [0.1, 0.15) is 5.75 Å². The molecule has 0 saturated carbocycles. The monoisotopic (exact) mass is 248 g/mol. The number of methoxy groups -OCH3 is 1. The molecule has 100 valence electrons. The molecule has 0 spiro atoms. The van der Waals surface area contributed by atoms with E-state index in [2.05, 4.69) is 29.5 Å². The Morgan fingerprint density at radius 3 is 2.61 bits per heavy atom. The maximum Gasteiger partial charge on any atom is 0.123 e. The number of hydrogen-bond donors (Lipinski definition) is 1. The molecule has 1 saturated heterocycles. The van der Waals surface area contributed by atoms with E-state index in [1.807, 2.05) is 12.1 Å². The smallest absolute Gasteiger partial charge is 0.123 e. The van der Waals surface area contributed by atoms with Crippen LogP contribution in [0.15, 0.2) is 24.3 Å². The standard InChI is InChI=1S/C15H24N2O/c1-3-14(16-17-11-7-4-8-12-17)13-9-5-6-10-15(13)18-2/h5-6,9-10,14,16H,3-4,7-8,11-12H2,1-2H3. The van der Waals surface area contributed by atoms with E-state index >= 15 is 0 Å². The summed E-state index contributed by atoms with van der Waals surface area (Å²) in [6.07, 6.45) is 5.03. The lowest BCUT2D eigenvalue weighted by Crippen LogP contribution is -2.43. The van der Waals surface area contributed by atoms with Crippen LogP contribution in [0.1, 0.15) is 44.2 Å². The van der Waals surface area contributed by atoms with Crippen LogP contribution in [0, 0.1) is 0 Å². The van der Waals surface area contributed by atoms with Crippen LogP contribution < -0.4 is 10.2 Å². The molecule has 1 atom stereocenters. The summed E-state index contributed by atoms with van der Waals surface area (Å²) >= 11 is 0. The zero-order valence-electron chi connectivity index (χ0n) is 11.5. The molecule has 1 aliphatic heterocycles. The summed E-state index contributed by atoms with van der Waals surface area (Å²) in [4.78, 5) is 0. The number of ether oxygens (including phenoxy) is 1. The minimum atomic E-state index is 0.347. The highest BCUT2D eigenvalue weighted by atomic mass is 16.5. The molecule has 1 aliphatic rings. The van der Waals surface area contributed by atoms with Gasteiger partial charge in [-0.3, -0.25) is 0 Å². The van der Waals surface area contributed by atoms with Gasteiger partial charge in [0.2, 0.25) is 0 Å². The van der Waals surface area contributed by atoms with Crippen molar-refractivity contribution in [3.8, 4) is 5.75 Å². The van der Waals surface area contributed by atoms with Gasteiger partial charge >= 0.3 is 0 Å². The number of hydrogen-bond acceptors (Lipinski definition) is 3. The first-order chi connectivity index (χ1) is 8.85. The van der Waals surface area contributed by atoms with Crippen molar-refractivity contribution in [1.82, 2.24) is 10.4 Å². The van der Waals surface area contributed by atoms with E-state index < -0.39 is 0 Å². The van der Waals surface area contributed by atoms with Gasteiger partial charge in [0, 0.05) is 24.7 Å². The second kappa shape index (κ2) is 6.76. The van der Waals surface area contributed by atoms with Crippen molar-refractivity contribution in [2.75, 3.05) is 20.2 Å². The van der Waals surface area contributed by atoms with Crippen LogP contribution in [-0.2, 0) is 0 Å². The lowest BCUT2D eigenvalue weighted by molar-refractivity contribution is 0.126. The van der Waals surface area contributed by atoms with Crippen molar-refractivity contribution in [2.24, 2.45) is 0 Å². The van der Waals surface area contributed by atoms with Crippen LogP contribution in [0.5, 0.6) is 5.75 Å². The fourth-order valence-electron chi connectivity index (χ4n) is 2.58. The van der Waals surface area contributed by atoms with Gasteiger partial charge in [-0.05, 0) is 25.3 Å². The molecule has 1 aromatic carbocycles. The molecule has 2 rings (SSSR count). The summed E-state index contributed by atoms with van der Waals surface area (Å²) in [5.74, 6) is 0.980. The summed E-state index contributed by atoms with van der Waals surface area (Å²) < 4.78 is 5.46. The van der Waals surface area contributed by atoms with Gasteiger partial charge in [-0.15, -0.1) is 0 Å². The van der Waals surface area contributed by atoms with Crippen LogP contribution in [0.25, 0.3) is 0 Å². The first kappa shape index (κ1) is 13.4. The Morgan fingerprint density at radius 2 is 1.94 bits per heavy atom. The van der Waals surface area contributed by atoms with Crippen molar-refractivity contribution in [3.05, 3.63) is 29.8 Å². The number of piperidine rings is 1. The summed E-state index contributed by atoms with van der Waals surface area (Å²) in [6, 6.07) is 8.65. The molecule has 3 nitrogen and oxygen atoms in total. The maximum absolute atomic E-state index is 5.46. The van der Waals surface area contributed by atoms with Crippen LogP contribution in [0.2, 0.25) is 0 Å². The van der Waals surface area contributed by atoms with Gasteiger partial charge < -0.3 is 4.74 Å². The molecule has 1 N–H and O–H groups in total. The molecule has 1 fully saturated rings. The van der Waals surface area contributed by atoms with E-state index in [0.717, 1.165) is 25.3 Å². The van der Waals surface area contributed by atoms with Crippen LogP contribution in [-0.4, -0.2) is 25.2 Å². The Balaban J connectivity index is 2.07. The molecule has 1 unspecified atom stereocenters. The molecule has 0 amide bonds. The zero-order chi connectivity index (χ0) is 12.8. The zero-order valence-corrected chi connectivity index (χ0v) is 11.5. The summed E-state index contributed by atoms with van der Waals surface area (Å²) in [7, 11) is 1.74. The quantitative estimate of drug-likeness (QED) is 0.866. The Morgan fingerprint density at radius 1 is 1.22 bits per heavy atom. The molecular formula is C15H24N2O. The highest BCUT2D eigenvalue weighted by molar-refractivity contribution is 5.35. The van der Waals surface area contributed by atoms with E-state index in [9.17, 15) is 0 Å².